The van der Waals surface area contributed by atoms with Gasteiger partial charge in [0.2, 0.25) is 0 Å². The molecule has 0 saturated carbocycles. The van der Waals surface area contributed by atoms with E-state index in [1.54, 1.807) is 0 Å². The quantitative estimate of drug-likeness (QED) is 0.323. The molecule has 0 amide bonds. The standard InChI is InChI=1S/Co.Cu.H3O4P/c;;1-5(2,3)4/h;;(H3,1,2,3,4)/q+2;+1;/p-3. The zero-order valence-corrected chi connectivity index (χ0v) is 5.59. The van der Waals surface area contributed by atoms with Gasteiger partial charge in [-0.1, -0.05) is 0 Å². The second kappa shape index (κ2) is 5.28. The molecule has 0 aliphatic heterocycles. The summed E-state index contributed by atoms with van der Waals surface area (Å²) in [7, 11) is -5.39. The van der Waals surface area contributed by atoms with Crippen molar-refractivity contribution in [1.29, 1.82) is 0 Å². The summed E-state index contributed by atoms with van der Waals surface area (Å²) < 4.78 is 8.55. The van der Waals surface area contributed by atoms with E-state index in [4.69, 9.17) is 19.2 Å². The summed E-state index contributed by atoms with van der Waals surface area (Å²) in [5.74, 6) is 0. The van der Waals surface area contributed by atoms with Crippen LogP contribution in [0.5, 0.6) is 0 Å². The Morgan fingerprint density at radius 2 is 1.14 bits per heavy atom. The van der Waals surface area contributed by atoms with Gasteiger partial charge in [-0.05, 0) is 0 Å². The molecule has 49 valence electrons. The number of phosphoric acid groups is 1. The first-order valence-corrected chi connectivity index (χ1v) is 2.19. The summed E-state index contributed by atoms with van der Waals surface area (Å²) in [6.45, 7) is 0. The van der Waals surface area contributed by atoms with Crippen LogP contribution < -0.4 is 14.7 Å². The van der Waals surface area contributed by atoms with Crippen LogP contribution in [0.4, 0.5) is 0 Å². The molecule has 4 nitrogen and oxygen atoms in total. The molecule has 0 N–H and O–H groups in total. The summed E-state index contributed by atoms with van der Waals surface area (Å²) in [5, 5.41) is 0. The van der Waals surface area contributed by atoms with Crippen LogP contribution >= 0.6 is 7.82 Å². The Labute approximate surface area is 61.2 Å². The van der Waals surface area contributed by atoms with Crippen LogP contribution in [-0.4, -0.2) is 0 Å². The Kier molecular flexibility index (Phi) is 11.8. The Hall–Kier alpha value is 1.14. The molecule has 1 radical (unpaired) electrons. The molecule has 7 heavy (non-hydrogen) atoms. The monoisotopic (exact) mass is 217 g/mol. The van der Waals surface area contributed by atoms with Crippen molar-refractivity contribution in [2.45, 2.75) is 0 Å². The predicted octanol–water partition coefficient (Wildman–Crippen LogP) is -2.83. The van der Waals surface area contributed by atoms with Crippen molar-refractivity contribution in [3.05, 3.63) is 0 Å². The van der Waals surface area contributed by atoms with Crippen LogP contribution in [0.1, 0.15) is 0 Å². The first-order valence-electron chi connectivity index (χ1n) is 0.730. The normalized spacial score (nSPS) is 8.43. The molecule has 0 atom stereocenters. The van der Waals surface area contributed by atoms with Gasteiger partial charge in [0.05, 0.1) is 0 Å². The van der Waals surface area contributed by atoms with E-state index in [0.29, 0.717) is 0 Å². The third-order valence-corrected chi connectivity index (χ3v) is 0. The molecule has 0 fully saturated rings. The summed E-state index contributed by atoms with van der Waals surface area (Å²) in [6.07, 6.45) is 0. The van der Waals surface area contributed by atoms with Crippen LogP contribution in [0, 0.1) is 0 Å². The first-order chi connectivity index (χ1) is 2.00. The molecular weight excluding hydrogens is 217 g/mol. The largest absolute Gasteiger partial charge is 2.00 e. The molecule has 7 heteroatoms. The third kappa shape index (κ3) is 146. The zero-order chi connectivity index (χ0) is 4.50. The van der Waals surface area contributed by atoms with Crippen LogP contribution in [0.2, 0.25) is 0 Å². The minimum atomic E-state index is -5.39. The van der Waals surface area contributed by atoms with E-state index in [2.05, 4.69) is 0 Å². The van der Waals surface area contributed by atoms with Gasteiger partial charge in [-0.25, -0.2) is 0 Å². The second-order valence-corrected chi connectivity index (χ2v) is 1.34. The minimum Gasteiger partial charge on any atom is -0.822 e. The van der Waals surface area contributed by atoms with Crippen LogP contribution in [0.15, 0.2) is 0 Å². The van der Waals surface area contributed by atoms with Gasteiger partial charge in [-0.3, -0.25) is 0 Å². The summed E-state index contributed by atoms with van der Waals surface area (Å²) in [6, 6.07) is 0. The molecule has 0 bridgehead atoms. The average Bonchev–Trinajstić information content (AvgIpc) is 0.722. The molecule has 0 aliphatic rings. The molecule has 0 aromatic heterocycles. The average molecular weight is 217 g/mol. The molecule has 0 aromatic carbocycles. The number of hydrogen-bond acceptors (Lipinski definition) is 4. The fourth-order valence-corrected chi connectivity index (χ4v) is 0. The Balaban J connectivity index is -0.0000000800. The molecule has 0 spiro atoms. The maximum absolute atomic E-state index is 8.55. The van der Waals surface area contributed by atoms with E-state index < -0.39 is 7.82 Å². The molecular formula is CoCuO4P. The summed E-state index contributed by atoms with van der Waals surface area (Å²) >= 11 is 0. The topological polar surface area (TPSA) is 86.2 Å². The third-order valence-electron chi connectivity index (χ3n) is 0. The van der Waals surface area contributed by atoms with Crippen molar-refractivity contribution >= 4 is 7.82 Å². The van der Waals surface area contributed by atoms with Crippen molar-refractivity contribution in [3.63, 3.8) is 0 Å². The van der Waals surface area contributed by atoms with Gasteiger partial charge in [0.25, 0.3) is 0 Å². The van der Waals surface area contributed by atoms with Crippen molar-refractivity contribution in [1.82, 2.24) is 0 Å². The van der Waals surface area contributed by atoms with Crippen LogP contribution in [-0.2, 0) is 38.4 Å². The fraction of sp³-hybridized carbons (Fsp3) is 0. The Morgan fingerprint density at radius 1 is 1.14 bits per heavy atom. The van der Waals surface area contributed by atoms with Gasteiger partial charge >= 0.3 is 33.8 Å². The first kappa shape index (κ1) is 15.7. The van der Waals surface area contributed by atoms with E-state index in [1.807, 2.05) is 0 Å². The van der Waals surface area contributed by atoms with Crippen molar-refractivity contribution in [3.8, 4) is 0 Å². The Bertz CT molecular complexity index is 57.8. The van der Waals surface area contributed by atoms with E-state index in [-0.39, 0.29) is 33.8 Å². The molecule has 0 aliphatic carbocycles. The van der Waals surface area contributed by atoms with E-state index in [9.17, 15) is 0 Å². The smallest absolute Gasteiger partial charge is 0.822 e. The molecule has 0 saturated heterocycles. The maximum atomic E-state index is 8.55. The molecule has 0 rings (SSSR count). The SMILES string of the molecule is O=P([O-])([O-])[O-].[Co+2].[Cu+]. The van der Waals surface area contributed by atoms with Crippen molar-refractivity contribution < 1.29 is 53.1 Å². The second-order valence-electron chi connectivity index (χ2n) is 0.447. The van der Waals surface area contributed by atoms with Crippen molar-refractivity contribution in [2.75, 3.05) is 0 Å². The van der Waals surface area contributed by atoms with Crippen LogP contribution in [0.3, 0.4) is 0 Å². The molecule has 0 unspecified atom stereocenters. The zero-order valence-electron chi connectivity index (χ0n) is 2.72. The Morgan fingerprint density at radius 3 is 1.14 bits per heavy atom. The van der Waals surface area contributed by atoms with E-state index >= 15 is 0 Å². The minimum absolute atomic E-state index is 0. The van der Waals surface area contributed by atoms with Gasteiger partial charge in [-0.2, -0.15) is 7.82 Å². The van der Waals surface area contributed by atoms with Gasteiger partial charge in [0.15, 0.2) is 0 Å². The maximum Gasteiger partial charge on any atom is 2.00 e. The predicted molar refractivity (Wildman–Crippen MR) is 7.61 cm³/mol. The number of hydrogen-bond donors (Lipinski definition) is 0. The van der Waals surface area contributed by atoms with Gasteiger partial charge in [0.1, 0.15) is 0 Å². The molecule has 0 aromatic rings. The van der Waals surface area contributed by atoms with Gasteiger partial charge < -0.3 is 19.2 Å². The summed E-state index contributed by atoms with van der Waals surface area (Å²) in [5.41, 5.74) is 0. The van der Waals surface area contributed by atoms with Crippen molar-refractivity contribution in [2.24, 2.45) is 0 Å². The summed E-state index contributed by atoms with van der Waals surface area (Å²) in [4.78, 5) is 25.6. The van der Waals surface area contributed by atoms with Gasteiger partial charge in [-0.15, -0.1) is 0 Å². The molecule has 0 heterocycles. The van der Waals surface area contributed by atoms with E-state index in [1.165, 1.54) is 0 Å². The van der Waals surface area contributed by atoms with Crippen LogP contribution in [0.25, 0.3) is 0 Å². The van der Waals surface area contributed by atoms with E-state index in [0.717, 1.165) is 0 Å². The van der Waals surface area contributed by atoms with Gasteiger partial charge in [0, 0.05) is 0 Å². The number of rotatable bonds is 0. The fourth-order valence-electron chi connectivity index (χ4n) is 0.